The van der Waals surface area contributed by atoms with Crippen molar-refractivity contribution >= 4 is 16.8 Å². The molecule has 4 aromatic rings. The maximum Gasteiger partial charge on any atom is 0.235 e. The average molecular weight is 392 g/mol. The van der Waals surface area contributed by atoms with Gasteiger partial charge in [0.15, 0.2) is 18.2 Å². The van der Waals surface area contributed by atoms with Gasteiger partial charge in [0.25, 0.3) is 0 Å². The number of fused-ring (bicyclic) bond motifs is 1. The third-order valence-electron chi connectivity index (χ3n) is 4.72. The van der Waals surface area contributed by atoms with Gasteiger partial charge in [0.05, 0.1) is 11.6 Å². The van der Waals surface area contributed by atoms with Crippen LogP contribution in [0.2, 0.25) is 0 Å². The molecule has 0 radical (unpaired) electrons. The van der Waals surface area contributed by atoms with Crippen LogP contribution in [0.1, 0.15) is 21.5 Å². The largest absolute Gasteiger partial charge is 0.478 e. The highest BCUT2D eigenvalue weighted by atomic mass is 19.1. The summed E-state index contributed by atoms with van der Waals surface area (Å²) in [7, 11) is 0. The van der Waals surface area contributed by atoms with Crippen molar-refractivity contribution in [3.63, 3.8) is 0 Å². The van der Waals surface area contributed by atoms with Gasteiger partial charge >= 0.3 is 0 Å². The van der Waals surface area contributed by atoms with Crippen LogP contribution >= 0.6 is 0 Å². The summed E-state index contributed by atoms with van der Waals surface area (Å²) in [6, 6.07) is 11.9. The molecule has 5 nitrogen and oxygen atoms in total. The Kier molecular flexibility index (Phi) is 4.76. The van der Waals surface area contributed by atoms with Crippen LogP contribution in [0.5, 0.6) is 5.75 Å². The molecule has 2 aromatic carbocycles. The molecule has 0 atom stereocenters. The Bertz CT molecular complexity index is 1250. The van der Waals surface area contributed by atoms with Crippen LogP contribution < -0.4 is 10.2 Å². The van der Waals surface area contributed by atoms with Gasteiger partial charge in [-0.05, 0) is 73.5 Å². The number of aryl methyl sites for hydroxylation is 2. The molecule has 0 aliphatic heterocycles. The number of benzene rings is 2. The number of hydrogen-bond donors (Lipinski definition) is 0. The molecule has 0 spiro atoms. The molecular formula is C23H17FO5. The first-order valence-electron chi connectivity index (χ1n) is 8.97. The van der Waals surface area contributed by atoms with Crippen molar-refractivity contribution in [2.24, 2.45) is 0 Å². The van der Waals surface area contributed by atoms with E-state index < -0.39 is 23.6 Å². The molecule has 29 heavy (non-hydrogen) atoms. The van der Waals surface area contributed by atoms with E-state index in [1.54, 1.807) is 24.3 Å². The Morgan fingerprint density at radius 1 is 1.07 bits per heavy atom. The zero-order valence-electron chi connectivity index (χ0n) is 15.8. The van der Waals surface area contributed by atoms with Gasteiger partial charge in [0.2, 0.25) is 16.9 Å². The Balaban J connectivity index is 1.77. The van der Waals surface area contributed by atoms with E-state index in [0.29, 0.717) is 16.7 Å². The van der Waals surface area contributed by atoms with Crippen molar-refractivity contribution in [3.8, 4) is 17.3 Å². The number of Topliss-reactive ketones (excluding diaryl/α,β-unsaturated/α-hetero) is 1. The monoisotopic (exact) mass is 392 g/mol. The molecular weight excluding hydrogens is 375 g/mol. The first-order valence-corrected chi connectivity index (χ1v) is 8.97. The summed E-state index contributed by atoms with van der Waals surface area (Å²) in [6.45, 7) is 3.42. The third-order valence-corrected chi connectivity index (χ3v) is 4.72. The fourth-order valence-corrected chi connectivity index (χ4v) is 2.99. The van der Waals surface area contributed by atoms with Crippen LogP contribution in [0.25, 0.3) is 22.5 Å². The van der Waals surface area contributed by atoms with E-state index in [9.17, 15) is 14.0 Å². The zero-order chi connectivity index (χ0) is 20.5. The molecule has 0 saturated carbocycles. The predicted molar refractivity (Wildman–Crippen MR) is 106 cm³/mol. The second kappa shape index (κ2) is 7.39. The number of ketones is 1. The van der Waals surface area contributed by atoms with Crippen LogP contribution in [-0.2, 0) is 0 Å². The molecule has 6 heteroatoms. The molecule has 2 heterocycles. The number of furan rings is 1. The second-order valence-corrected chi connectivity index (χ2v) is 6.72. The molecule has 0 bridgehead atoms. The lowest BCUT2D eigenvalue weighted by atomic mass is 10.1. The lowest BCUT2D eigenvalue weighted by Crippen LogP contribution is -2.17. The van der Waals surface area contributed by atoms with Gasteiger partial charge < -0.3 is 13.6 Å². The average Bonchev–Trinajstić information content (AvgIpc) is 3.24. The van der Waals surface area contributed by atoms with Crippen molar-refractivity contribution in [3.05, 3.63) is 87.5 Å². The molecule has 2 aromatic heterocycles. The normalized spacial score (nSPS) is 11.0. The number of carbonyl (C=O) groups excluding carboxylic acids is 1. The Labute approximate surface area is 165 Å². The van der Waals surface area contributed by atoms with Gasteiger partial charge in [-0.25, -0.2) is 4.39 Å². The highest BCUT2D eigenvalue weighted by molar-refractivity contribution is 5.97. The molecule has 0 aliphatic rings. The summed E-state index contributed by atoms with van der Waals surface area (Å²) >= 11 is 0. The van der Waals surface area contributed by atoms with Crippen molar-refractivity contribution in [1.82, 2.24) is 0 Å². The van der Waals surface area contributed by atoms with Gasteiger partial charge in [0.1, 0.15) is 11.4 Å². The fourth-order valence-electron chi connectivity index (χ4n) is 2.99. The van der Waals surface area contributed by atoms with Gasteiger partial charge in [-0.3, -0.25) is 9.59 Å². The number of halogens is 1. The summed E-state index contributed by atoms with van der Waals surface area (Å²) in [5.74, 6) is -0.515. The molecule has 0 N–H and O–H groups in total. The van der Waals surface area contributed by atoms with Crippen molar-refractivity contribution < 1.29 is 22.8 Å². The zero-order valence-corrected chi connectivity index (χ0v) is 15.8. The molecule has 0 amide bonds. The fraction of sp³-hybridized carbons (Fsp3) is 0.130. The topological polar surface area (TPSA) is 69.7 Å². The molecule has 0 aliphatic carbocycles. The highest BCUT2D eigenvalue weighted by Gasteiger charge is 2.21. The minimum atomic E-state index is -0.441. The number of ether oxygens (including phenoxy) is 1. The van der Waals surface area contributed by atoms with Crippen LogP contribution in [0.3, 0.4) is 0 Å². The molecule has 0 fully saturated rings. The smallest absolute Gasteiger partial charge is 0.235 e. The van der Waals surface area contributed by atoms with E-state index in [1.807, 2.05) is 13.8 Å². The maximum atomic E-state index is 13.1. The summed E-state index contributed by atoms with van der Waals surface area (Å²) in [5.41, 5.74) is 2.20. The minimum absolute atomic E-state index is 0.105. The summed E-state index contributed by atoms with van der Waals surface area (Å²) in [6.07, 6.45) is 1.45. The van der Waals surface area contributed by atoms with E-state index >= 15 is 0 Å². The van der Waals surface area contributed by atoms with E-state index in [-0.39, 0.29) is 17.1 Å². The van der Waals surface area contributed by atoms with E-state index in [4.69, 9.17) is 13.6 Å². The number of carbonyl (C=O) groups is 1. The number of hydrogen-bond acceptors (Lipinski definition) is 5. The number of rotatable bonds is 5. The van der Waals surface area contributed by atoms with E-state index in [1.165, 1.54) is 30.5 Å². The van der Waals surface area contributed by atoms with E-state index in [2.05, 4.69) is 0 Å². The van der Waals surface area contributed by atoms with E-state index in [0.717, 1.165) is 11.1 Å². The van der Waals surface area contributed by atoms with Gasteiger partial charge in [0, 0.05) is 5.56 Å². The molecule has 0 unspecified atom stereocenters. The van der Waals surface area contributed by atoms with Crippen LogP contribution in [0.15, 0.2) is 68.4 Å². The second-order valence-electron chi connectivity index (χ2n) is 6.72. The van der Waals surface area contributed by atoms with Crippen LogP contribution in [0.4, 0.5) is 4.39 Å². The SMILES string of the molecule is Cc1cc2oc(-c3ccco3)c(OCC(=O)c3ccc(F)cc3)c(=O)c2cc1C. The van der Waals surface area contributed by atoms with Gasteiger partial charge in [-0.15, -0.1) is 0 Å². The summed E-state index contributed by atoms with van der Waals surface area (Å²) in [5, 5.41) is 0.354. The molecule has 0 saturated heterocycles. The maximum absolute atomic E-state index is 13.1. The molecule has 4 rings (SSSR count). The van der Waals surface area contributed by atoms with Crippen molar-refractivity contribution in [2.45, 2.75) is 13.8 Å². The first-order chi connectivity index (χ1) is 13.9. The highest BCUT2D eigenvalue weighted by Crippen LogP contribution is 2.32. The summed E-state index contributed by atoms with van der Waals surface area (Å²) in [4.78, 5) is 25.5. The van der Waals surface area contributed by atoms with Crippen LogP contribution in [0, 0.1) is 19.7 Å². The lowest BCUT2D eigenvalue weighted by molar-refractivity contribution is 0.0920. The standard InChI is InChI=1S/C23H17FO5/c1-13-10-17-20(11-14(13)2)29-22(19-4-3-9-27-19)23(21(17)26)28-12-18(25)15-5-7-16(24)8-6-15/h3-11H,12H2,1-2H3. The van der Waals surface area contributed by atoms with Gasteiger partial charge in [-0.1, -0.05) is 0 Å². The first kappa shape index (κ1) is 18.7. The Morgan fingerprint density at radius 2 is 1.79 bits per heavy atom. The van der Waals surface area contributed by atoms with Crippen molar-refractivity contribution in [2.75, 3.05) is 6.61 Å². The van der Waals surface area contributed by atoms with Crippen molar-refractivity contribution in [1.29, 1.82) is 0 Å². The lowest BCUT2D eigenvalue weighted by Gasteiger charge is -2.11. The van der Waals surface area contributed by atoms with Crippen LogP contribution in [-0.4, -0.2) is 12.4 Å². The van der Waals surface area contributed by atoms with Gasteiger partial charge in [-0.2, -0.15) is 0 Å². The minimum Gasteiger partial charge on any atom is -0.478 e. The summed E-state index contributed by atoms with van der Waals surface area (Å²) < 4.78 is 30.0. The Morgan fingerprint density at radius 3 is 2.48 bits per heavy atom. The Hall–Kier alpha value is -3.67. The third kappa shape index (κ3) is 3.57. The molecule has 146 valence electrons. The predicted octanol–water partition coefficient (Wildman–Crippen LogP) is 5.07. The quantitative estimate of drug-likeness (QED) is 0.444.